The van der Waals surface area contributed by atoms with Crippen molar-refractivity contribution >= 4 is 11.0 Å². The molecule has 120 valence electrons. The van der Waals surface area contributed by atoms with Gasteiger partial charge in [-0.15, -0.1) is 0 Å². The zero-order valence-corrected chi connectivity index (χ0v) is 15.4. The average molecular weight is 298 g/mol. The smallest absolute Gasteiger partial charge is 0.0890 e. The van der Waals surface area contributed by atoms with E-state index in [1.165, 1.54) is 0 Å². The number of fused-ring (bicyclic) bond motifs is 1. The Kier molecular flexibility index (Phi) is 4.34. The van der Waals surface area contributed by atoms with Gasteiger partial charge in [0, 0.05) is 11.8 Å². The summed E-state index contributed by atoms with van der Waals surface area (Å²) in [7, 11) is 0. The summed E-state index contributed by atoms with van der Waals surface area (Å²) in [5, 5.41) is 0. The van der Waals surface area contributed by atoms with Crippen LogP contribution in [0.2, 0.25) is 0 Å². The summed E-state index contributed by atoms with van der Waals surface area (Å²) in [4.78, 5) is 10.0. The van der Waals surface area contributed by atoms with Crippen molar-refractivity contribution in [2.45, 2.75) is 67.2 Å². The van der Waals surface area contributed by atoms with Crippen molar-refractivity contribution in [2.24, 2.45) is 10.8 Å². The van der Waals surface area contributed by atoms with Crippen LogP contribution < -0.4 is 0 Å². The standard InChI is InChI=1S/C20H30N2/c1-13(19(3,4)5)17-18(14(2)20(6,7)8)22-16-12-10-9-11-15(16)21-17/h9-14H,1-8H3. The molecule has 1 aromatic carbocycles. The second-order valence-corrected chi connectivity index (χ2v) is 8.66. The second kappa shape index (κ2) is 5.64. The summed E-state index contributed by atoms with van der Waals surface area (Å²) in [6.45, 7) is 18.2. The van der Waals surface area contributed by atoms with Crippen LogP contribution in [0.3, 0.4) is 0 Å². The van der Waals surface area contributed by atoms with Crippen molar-refractivity contribution < 1.29 is 0 Å². The van der Waals surface area contributed by atoms with Crippen molar-refractivity contribution in [2.75, 3.05) is 0 Å². The van der Waals surface area contributed by atoms with Crippen molar-refractivity contribution in [1.82, 2.24) is 9.97 Å². The largest absolute Gasteiger partial charge is 0.249 e. The fourth-order valence-corrected chi connectivity index (χ4v) is 2.48. The first kappa shape index (κ1) is 16.9. The molecule has 0 aliphatic carbocycles. The third kappa shape index (κ3) is 3.31. The van der Waals surface area contributed by atoms with Crippen LogP contribution in [0.15, 0.2) is 24.3 Å². The molecule has 0 saturated carbocycles. The average Bonchev–Trinajstić information content (AvgIpc) is 2.42. The lowest BCUT2D eigenvalue weighted by Gasteiger charge is -2.33. The maximum absolute atomic E-state index is 5.01. The lowest BCUT2D eigenvalue weighted by atomic mass is 9.74. The molecule has 2 atom stereocenters. The Labute approximate surface area is 135 Å². The van der Waals surface area contributed by atoms with Crippen LogP contribution in [-0.2, 0) is 0 Å². The molecular formula is C20H30N2. The van der Waals surface area contributed by atoms with Gasteiger partial charge in [-0.1, -0.05) is 67.5 Å². The highest BCUT2D eigenvalue weighted by atomic mass is 14.8. The lowest BCUT2D eigenvalue weighted by molar-refractivity contribution is 0.308. The molecule has 0 aliphatic heterocycles. The van der Waals surface area contributed by atoms with E-state index in [-0.39, 0.29) is 10.8 Å². The van der Waals surface area contributed by atoms with Gasteiger partial charge in [-0.25, -0.2) is 9.97 Å². The molecule has 0 fully saturated rings. The lowest BCUT2D eigenvalue weighted by Crippen LogP contribution is -2.24. The zero-order chi connectivity index (χ0) is 16.7. The van der Waals surface area contributed by atoms with Gasteiger partial charge in [-0.05, 0) is 23.0 Å². The fourth-order valence-electron chi connectivity index (χ4n) is 2.48. The minimum absolute atomic E-state index is 0.170. The quantitative estimate of drug-likeness (QED) is 0.686. The van der Waals surface area contributed by atoms with E-state index >= 15 is 0 Å². The number of rotatable bonds is 2. The molecule has 22 heavy (non-hydrogen) atoms. The van der Waals surface area contributed by atoms with Gasteiger partial charge in [0.05, 0.1) is 22.4 Å². The third-order valence-corrected chi connectivity index (χ3v) is 5.04. The van der Waals surface area contributed by atoms with E-state index in [1.54, 1.807) is 0 Å². The van der Waals surface area contributed by atoms with Crippen LogP contribution in [-0.4, -0.2) is 9.97 Å². The molecule has 2 aromatic rings. The molecule has 0 aliphatic rings. The van der Waals surface area contributed by atoms with Gasteiger partial charge in [0.1, 0.15) is 0 Å². The highest BCUT2D eigenvalue weighted by Gasteiger charge is 2.32. The van der Waals surface area contributed by atoms with Crippen molar-refractivity contribution in [1.29, 1.82) is 0 Å². The minimum Gasteiger partial charge on any atom is -0.249 e. The molecule has 0 saturated heterocycles. The monoisotopic (exact) mass is 298 g/mol. The zero-order valence-electron chi connectivity index (χ0n) is 15.4. The summed E-state index contributed by atoms with van der Waals surface area (Å²) in [6, 6.07) is 8.20. The van der Waals surface area contributed by atoms with E-state index in [0.717, 1.165) is 22.4 Å². The molecule has 0 amide bonds. The Morgan fingerprint density at radius 2 is 1.00 bits per heavy atom. The van der Waals surface area contributed by atoms with Gasteiger partial charge in [-0.2, -0.15) is 0 Å². The van der Waals surface area contributed by atoms with Crippen molar-refractivity contribution in [3.8, 4) is 0 Å². The predicted molar refractivity (Wildman–Crippen MR) is 95.3 cm³/mol. The molecule has 1 aromatic heterocycles. The van der Waals surface area contributed by atoms with Gasteiger partial charge in [0.15, 0.2) is 0 Å². The van der Waals surface area contributed by atoms with Crippen molar-refractivity contribution in [3.63, 3.8) is 0 Å². The number of hydrogen-bond acceptors (Lipinski definition) is 2. The number of para-hydroxylation sites is 2. The number of aromatic nitrogens is 2. The number of benzene rings is 1. The van der Waals surface area contributed by atoms with Gasteiger partial charge < -0.3 is 0 Å². The maximum atomic E-state index is 5.01. The highest BCUT2D eigenvalue weighted by Crippen LogP contribution is 2.41. The minimum atomic E-state index is 0.170. The molecule has 2 unspecified atom stereocenters. The second-order valence-electron chi connectivity index (χ2n) is 8.66. The molecule has 2 heteroatoms. The Morgan fingerprint density at radius 1 is 0.682 bits per heavy atom. The molecular weight excluding hydrogens is 268 g/mol. The van der Waals surface area contributed by atoms with Gasteiger partial charge in [0.2, 0.25) is 0 Å². The van der Waals surface area contributed by atoms with Crippen LogP contribution in [0, 0.1) is 10.8 Å². The first-order valence-electron chi connectivity index (χ1n) is 8.28. The molecule has 1 heterocycles. The van der Waals surface area contributed by atoms with Gasteiger partial charge in [-0.3, -0.25) is 0 Å². The van der Waals surface area contributed by atoms with Gasteiger partial charge >= 0.3 is 0 Å². The molecule has 0 bridgehead atoms. The van der Waals surface area contributed by atoms with Crippen LogP contribution in [0.1, 0.15) is 78.6 Å². The van der Waals surface area contributed by atoms with Crippen molar-refractivity contribution in [3.05, 3.63) is 35.7 Å². The summed E-state index contributed by atoms with van der Waals surface area (Å²) in [5.74, 6) is 0.730. The van der Waals surface area contributed by atoms with E-state index in [4.69, 9.17) is 9.97 Å². The first-order chi connectivity index (χ1) is 10.0. The van der Waals surface area contributed by atoms with Gasteiger partial charge in [0.25, 0.3) is 0 Å². The maximum Gasteiger partial charge on any atom is 0.0890 e. The van der Waals surface area contributed by atoms with Crippen LogP contribution in [0.25, 0.3) is 11.0 Å². The summed E-state index contributed by atoms with van der Waals surface area (Å²) in [6.07, 6.45) is 0. The number of hydrogen-bond donors (Lipinski definition) is 0. The van der Waals surface area contributed by atoms with E-state index < -0.39 is 0 Å². The summed E-state index contributed by atoms with van der Waals surface area (Å²) in [5.41, 5.74) is 4.66. The molecule has 0 radical (unpaired) electrons. The Bertz CT molecular complexity index is 601. The Morgan fingerprint density at radius 3 is 1.27 bits per heavy atom. The van der Waals surface area contributed by atoms with Crippen LogP contribution >= 0.6 is 0 Å². The molecule has 0 spiro atoms. The number of nitrogens with zero attached hydrogens (tertiary/aromatic N) is 2. The van der Waals surface area contributed by atoms with E-state index in [2.05, 4.69) is 67.5 Å². The van der Waals surface area contributed by atoms with Crippen LogP contribution in [0.5, 0.6) is 0 Å². The molecule has 0 N–H and O–H groups in total. The van der Waals surface area contributed by atoms with Crippen LogP contribution in [0.4, 0.5) is 0 Å². The van der Waals surface area contributed by atoms with E-state index in [1.807, 2.05) is 12.1 Å². The fraction of sp³-hybridized carbons (Fsp3) is 0.600. The highest BCUT2D eigenvalue weighted by molar-refractivity contribution is 5.74. The summed E-state index contributed by atoms with van der Waals surface area (Å²) < 4.78 is 0. The van der Waals surface area contributed by atoms with E-state index in [9.17, 15) is 0 Å². The topological polar surface area (TPSA) is 25.8 Å². The third-order valence-electron chi connectivity index (χ3n) is 5.04. The Balaban J connectivity index is 2.70. The SMILES string of the molecule is CC(c1nc2ccccc2nc1C(C)C(C)(C)C)C(C)(C)C. The molecule has 2 nitrogen and oxygen atoms in total. The predicted octanol–water partition coefficient (Wildman–Crippen LogP) is 5.93. The summed E-state index contributed by atoms with van der Waals surface area (Å²) >= 11 is 0. The molecule has 2 rings (SSSR count). The Hall–Kier alpha value is -1.44. The first-order valence-corrected chi connectivity index (χ1v) is 8.28. The van der Waals surface area contributed by atoms with E-state index in [0.29, 0.717) is 11.8 Å². The normalized spacial score (nSPS) is 15.8.